The molecule has 188 valence electrons. The Kier molecular flexibility index (Phi) is 6.93. The Morgan fingerprint density at radius 1 is 1.11 bits per heavy atom. The topological polar surface area (TPSA) is 100 Å². The van der Waals surface area contributed by atoms with Gasteiger partial charge in [-0.15, -0.1) is 0 Å². The van der Waals surface area contributed by atoms with Crippen LogP contribution in [0.4, 0.5) is 10.2 Å². The molecule has 4 aromatic rings. The average molecular weight is 500 g/mol. The number of likely N-dealkylation sites (tertiary alicyclic amines) is 1. The quantitative estimate of drug-likeness (QED) is 0.271. The summed E-state index contributed by atoms with van der Waals surface area (Å²) >= 11 is 0. The van der Waals surface area contributed by atoms with Crippen LogP contribution < -0.4 is 10.1 Å². The number of aromatic nitrogens is 3. The molecule has 5 rings (SSSR count). The molecule has 3 heterocycles. The largest absolute Gasteiger partial charge is 0.457 e. The van der Waals surface area contributed by atoms with E-state index < -0.39 is 11.6 Å². The van der Waals surface area contributed by atoms with Gasteiger partial charge in [0.05, 0.1) is 16.5 Å². The molecule has 0 aliphatic carbocycles. The highest BCUT2D eigenvalue weighted by molar-refractivity contribution is 6.18. The number of fused-ring (bicyclic) bond motifs is 1. The SMILES string of the molecule is C=CC(=O)N1CCCCC(Nc2ncnc3[nH]cc(C(=O)c4ccc(Oc5ccccc5)cc4F)c23)C1. The van der Waals surface area contributed by atoms with Crippen molar-refractivity contribution in [1.29, 1.82) is 0 Å². The van der Waals surface area contributed by atoms with Gasteiger partial charge in [0.25, 0.3) is 0 Å². The Bertz CT molecular complexity index is 1450. The van der Waals surface area contributed by atoms with E-state index in [0.717, 1.165) is 19.3 Å². The van der Waals surface area contributed by atoms with E-state index >= 15 is 4.39 Å². The molecule has 37 heavy (non-hydrogen) atoms. The summed E-state index contributed by atoms with van der Waals surface area (Å²) in [6, 6.07) is 13.1. The summed E-state index contributed by atoms with van der Waals surface area (Å²) in [5.41, 5.74) is 0.618. The molecule has 0 spiro atoms. The normalized spacial score (nSPS) is 15.7. The van der Waals surface area contributed by atoms with Crippen LogP contribution in [0.15, 0.2) is 73.7 Å². The first kappa shape index (κ1) is 24.2. The van der Waals surface area contributed by atoms with Crippen LogP contribution in [-0.4, -0.2) is 50.7 Å². The van der Waals surface area contributed by atoms with Crippen molar-refractivity contribution in [2.24, 2.45) is 0 Å². The van der Waals surface area contributed by atoms with Crippen molar-refractivity contribution in [2.75, 3.05) is 18.4 Å². The summed E-state index contributed by atoms with van der Waals surface area (Å²) in [5, 5.41) is 3.87. The van der Waals surface area contributed by atoms with Gasteiger partial charge in [-0.25, -0.2) is 14.4 Å². The summed E-state index contributed by atoms with van der Waals surface area (Å²) in [5.74, 6) is -0.000905. The van der Waals surface area contributed by atoms with Gasteiger partial charge >= 0.3 is 0 Å². The van der Waals surface area contributed by atoms with Crippen molar-refractivity contribution < 1.29 is 18.7 Å². The predicted molar refractivity (Wildman–Crippen MR) is 138 cm³/mol. The fourth-order valence-electron chi connectivity index (χ4n) is 4.55. The van der Waals surface area contributed by atoms with E-state index in [-0.39, 0.29) is 28.8 Å². The molecule has 9 heteroatoms. The summed E-state index contributed by atoms with van der Waals surface area (Å²) in [7, 11) is 0. The molecule has 1 aliphatic heterocycles. The van der Waals surface area contributed by atoms with Crippen molar-refractivity contribution in [2.45, 2.75) is 25.3 Å². The second kappa shape index (κ2) is 10.6. The van der Waals surface area contributed by atoms with Crippen LogP contribution in [0.3, 0.4) is 0 Å². The highest BCUT2D eigenvalue weighted by atomic mass is 19.1. The Hall–Kier alpha value is -4.53. The average Bonchev–Trinajstić information content (AvgIpc) is 3.22. The van der Waals surface area contributed by atoms with Gasteiger partial charge in [0, 0.05) is 31.4 Å². The van der Waals surface area contributed by atoms with Gasteiger partial charge in [0.2, 0.25) is 5.91 Å². The van der Waals surface area contributed by atoms with Gasteiger partial charge in [-0.05, 0) is 49.6 Å². The van der Waals surface area contributed by atoms with E-state index in [9.17, 15) is 9.59 Å². The van der Waals surface area contributed by atoms with Gasteiger partial charge in [-0.1, -0.05) is 24.8 Å². The number of H-pyrrole nitrogens is 1. The van der Waals surface area contributed by atoms with Crippen LogP contribution in [-0.2, 0) is 4.79 Å². The monoisotopic (exact) mass is 499 g/mol. The molecular formula is C28H26FN5O3. The standard InChI is InChI=1S/C28H26FN5O3/c1-2-24(35)34-13-7-6-8-18(16-34)33-28-25-22(15-30-27(25)31-17-32-28)26(36)21-12-11-20(14-23(21)29)37-19-9-4-3-5-10-19/h2-5,9-12,14-15,17-18H,1,6-8,13,16H2,(H2,30,31,32,33). The van der Waals surface area contributed by atoms with E-state index in [0.29, 0.717) is 35.7 Å². The zero-order valence-corrected chi connectivity index (χ0v) is 20.1. The van der Waals surface area contributed by atoms with Gasteiger partial charge in [0.1, 0.15) is 35.1 Å². The number of benzene rings is 2. The molecule has 0 radical (unpaired) electrons. The van der Waals surface area contributed by atoms with Crippen LogP contribution in [0.25, 0.3) is 11.0 Å². The summed E-state index contributed by atoms with van der Waals surface area (Å²) in [4.78, 5) is 39.0. The number of para-hydroxylation sites is 1. The van der Waals surface area contributed by atoms with Gasteiger partial charge in [0.15, 0.2) is 5.78 Å². The molecule has 1 aliphatic rings. The van der Waals surface area contributed by atoms with Crippen molar-refractivity contribution >= 4 is 28.5 Å². The van der Waals surface area contributed by atoms with E-state index in [1.54, 1.807) is 23.1 Å². The molecule has 1 amide bonds. The molecular weight excluding hydrogens is 473 g/mol. The summed E-state index contributed by atoms with van der Waals surface area (Å²) < 4.78 is 20.7. The van der Waals surface area contributed by atoms with Crippen molar-refractivity contribution in [3.05, 3.63) is 90.7 Å². The van der Waals surface area contributed by atoms with Gasteiger partial charge < -0.3 is 19.9 Å². The van der Waals surface area contributed by atoms with Crippen LogP contribution in [0.2, 0.25) is 0 Å². The second-order valence-electron chi connectivity index (χ2n) is 8.86. The number of anilines is 1. The number of hydrogen-bond donors (Lipinski definition) is 2. The molecule has 1 saturated heterocycles. The number of aromatic amines is 1. The van der Waals surface area contributed by atoms with Gasteiger partial charge in [-0.3, -0.25) is 9.59 Å². The number of halogens is 1. The lowest BCUT2D eigenvalue weighted by Gasteiger charge is -2.24. The zero-order chi connectivity index (χ0) is 25.8. The molecule has 1 fully saturated rings. The van der Waals surface area contributed by atoms with E-state index in [1.807, 2.05) is 18.2 Å². The third kappa shape index (κ3) is 5.20. The lowest BCUT2D eigenvalue weighted by atomic mass is 10.0. The van der Waals surface area contributed by atoms with E-state index in [1.165, 1.54) is 30.7 Å². The first-order valence-electron chi connectivity index (χ1n) is 12.1. The molecule has 2 aromatic carbocycles. The Balaban J connectivity index is 1.42. The number of carbonyl (C=O) groups excluding carboxylic acids is 2. The first-order valence-corrected chi connectivity index (χ1v) is 12.1. The highest BCUT2D eigenvalue weighted by Crippen LogP contribution is 2.29. The molecule has 1 unspecified atom stereocenters. The minimum atomic E-state index is -0.693. The van der Waals surface area contributed by atoms with Crippen molar-refractivity contribution in [3.8, 4) is 11.5 Å². The lowest BCUT2D eigenvalue weighted by molar-refractivity contribution is -0.126. The van der Waals surface area contributed by atoms with Crippen LogP contribution in [0.5, 0.6) is 11.5 Å². The molecule has 2 N–H and O–H groups in total. The third-order valence-electron chi connectivity index (χ3n) is 6.38. The Morgan fingerprint density at radius 2 is 1.95 bits per heavy atom. The number of hydrogen-bond acceptors (Lipinski definition) is 6. The third-order valence-corrected chi connectivity index (χ3v) is 6.38. The van der Waals surface area contributed by atoms with E-state index in [4.69, 9.17) is 4.74 Å². The second-order valence-corrected chi connectivity index (χ2v) is 8.86. The number of rotatable bonds is 7. The maximum atomic E-state index is 15.1. The maximum Gasteiger partial charge on any atom is 0.246 e. The minimum absolute atomic E-state index is 0.0755. The highest BCUT2D eigenvalue weighted by Gasteiger charge is 2.25. The number of ketones is 1. The summed E-state index contributed by atoms with van der Waals surface area (Å²) in [6.45, 7) is 4.74. The molecule has 0 bridgehead atoms. The molecule has 2 aromatic heterocycles. The number of nitrogens with one attached hydrogen (secondary N) is 2. The van der Waals surface area contributed by atoms with Gasteiger partial charge in [-0.2, -0.15) is 0 Å². The van der Waals surface area contributed by atoms with Crippen LogP contribution >= 0.6 is 0 Å². The number of amides is 1. The lowest BCUT2D eigenvalue weighted by Crippen LogP contribution is -2.38. The predicted octanol–water partition coefficient (Wildman–Crippen LogP) is 5.10. The van der Waals surface area contributed by atoms with Crippen LogP contribution in [0.1, 0.15) is 35.2 Å². The maximum absolute atomic E-state index is 15.1. The Labute approximate surface area is 213 Å². The fourth-order valence-corrected chi connectivity index (χ4v) is 4.55. The van der Waals surface area contributed by atoms with Crippen LogP contribution in [0, 0.1) is 5.82 Å². The number of carbonyl (C=O) groups is 2. The molecule has 1 atom stereocenters. The Morgan fingerprint density at radius 3 is 2.73 bits per heavy atom. The summed E-state index contributed by atoms with van der Waals surface area (Å²) in [6.07, 6.45) is 6.90. The smallest absolute Gasteiger partial charge is 0.246 e. The van der Waals surface area contributed by atoms with Crippen molar-refractivity contribution in [1.82, 2.24) is 19.9 Å². The zero-order valence-electron chi connectivity index (χ0n) is 20.1. The van der Waals surface area contributed by atoms with Crippen molar-refractivity contribution in [3.63, 3.8) is 0 Å². The number of ether oxygens (including phenoxy) is 1. The first-order chi connectivity index (χ1) is 18.0. The molecule has 8 nitrogen and oxygen atoms in total. The van der Waals surface area contributed by atoms with E-state index in [2.05, 4.69) is 26.8 Å². The molecule has 0 saturated carbocycles. The fraction of sp³-hybridized carbons (Fsp3) is 0.214. The minimum Gasteiger partial charge on any atom is -0.457 e. The number of nitrogens with zero attached hydrogens (tertiary/aromatic N) is 3.